The zero-order valence-electron chi connectivity index (χ0n) is 7.81. The Morgan fingerprint density at radius 1 is 1.29 bits per heavy atom. The molecule has 1 aromatic heterocycles. The monoisotopic (exact) mass is 251 g/mol. The second-order valence-corrected chi connectivity index (χ2v) is 3.88. The third-order valence-electron chi connectivity index (χ3n) is 2.05. The number of hydrogen-bond acceptors (Lipinski definition) is 2. The number of halogens is 1. The minimum Gasteiger partial charge on any atom is -0.218 e. The van der Waals surface area contributed by atoms with Crippen molar-refractivity contribution < 1.29 is 0 Å². The summed E-state index contributed by atoms with van der Waals surface area (Å²) in [6.45, 7) is 2.09. The van der Waals surface area contributed by atoms with E-state index in [1.807, 2.05) is 28.9 Å². The Balaban J connectivity index is 2.44. The van der Waals surface area contributed by atoms with E-state index in [1.165, 1.54) is 0 Å². The van der Waals surface area contributed by atoms with Crippen LogP contribution < -0.4 is 0 Å². The quantitative estimate of drug-likeness (QED) is 0.822. The normalized spacial score (nSPS) is 10.4. The Morgan fingerprint density at radius 3 is 2.64 bits per heavy atom. The molecule has 0 radical (unpaired) electrons. The fourth-order valence-corrected chi connectivity index (χ4v) is 1.56. The van der Waals surface area contributed by atoms with Gasteiger partial charge < -0.3 is 0 Å². The highest BCUT2D eigenvalue weighted by molar-refractivity contribution is 9.10. The van der Waals surface area contributed by atoms with Crippen molar-refractivity contribution in [3.63, 3.8) is 0 Å². The number of hydrogen-bond donors (Lipinski definition) is 0. The molecule has 1 aromatic carbocycles. The van der Waals surface area contributed by atoms with Gasteiger partial charge in [0.15, 0.2) is 0 Å². The first kappa shape index (κ1) is 9.40. The summed E-state index contributed by atoms with van der Waals surface area (Å²) in [5.74, 6) is 0. The van der Waals surface area contributed by atoms with E-state index in [2.05, 4.69) is 33.2 Å². The van der Waals surface area contributed by atoms with E-state index in [0.29, 0.717) is 0 Å². The Hall–Kier alpha value is -1.16. The molecule has 0 atom stereocenters. The summed E-state index contributed by atoms with van der Waals surface area (Å²) in [6.07, 6.45) is 2.73. The van der Waals surface area contributed by atoms with Gasteiger partial charge in [0.1, 0.15) is 0 Å². The van der Waals surface area contributed by atoms with Crippen LogP contribution in [0.25, 0.3) is 5.69 Å². The first-order valence-electron chi connectivity index (χ1n) is 4.47. The van der Waals surface area contributed by atoms with Gasteiger partial charge in [-0.3, -0.25) is 0 Å². The van der Waals surface area contributed by atoms with E-state index in [4.69, 9.17) is 0 Å². The summed E-state index contributed by atoms with van der Waals surface area (Å²) < 4.78 is 2.92. The second-order valence-electron chi connectivity index (χ2n) is 2.97. The summed E-state index contributed by atoms with van der Waals surface area (Å²) in [5, 5.41) is 7.93. The predicted molar refractivity (Wildman–Crippen MR) is 58.4 cm³/mol. The maximum absolute atomic E-state index is 4.04. The molecule has 72 valence electrons. The standard InChI is InChI=1S/C10H10BrN3/c1-2-9-7-12-13-14(9)10-5-3-8(11)4-6-10/h3-7H,2H2,1H3. The van der Waals surface area contributed by atoms with Gasteiger partial charge >= 0.3 is 0 Å². The highest BCUT2D eigenvalue weighted by Crippen LogP contribution is 2.14. The Labute approximate surface area is 90.9 Å². The van der Waals surface area contributed by atoms with Crippen LogP contribution in [0.2, 0.25) is 0 Å². The van der Waals surface area contributed by atoms with E-state index < -0.39 is 0 Å². The van der Waals surface area contributed by atoms with Crippen LogP contribution in [0.4, 0.5) is 0 Å². The summed E-state index contributed by atoms with van der Waals surface area (Å²) in [5.41, 5.74) is 2.16. The van der Waals surface area contributed by atoms with Crippen LogP contribution in [-0.2, 0) is 6.42 Å². The Kier molecular flexibility index (Phi) is 2.63. The van der Waals surface area contributed by atoms with Crippen LogP contribution in [0.5, 0.6) is 0 Å². The van der Waals surface area contributed by atoms with Gasteiger partial charge in [-0.1, -0.05) is 28.1 Å². The molecule has 0 N–H and O–H groups in total. The number of aryl methyl sites for hydroxylation is 1. The lowest BCUT2D eigenvalue weighted by atomic mass is 10.3. The summed E-state index contributed by atoms with van der Waals surface area (Å²) in [4.78, 5) is 0. The highest BCUT2D eigenvalue weighted by atomic mass is 79.9. The van der Waals surface area contributed by atoms with Crippen molar-refractivity contribution in [3.8, 4) is 5.69 Å². The van der Waals surface area contributed by atoms with Gasteiger partial charge in [0, 0.05) is 4.47 Å². The van der Waals surface area contributed by atoms with Crippen LogP contribution in [0.15, 0.2) is 34.9 Å². The fraction of sp³-hybridized carbons (Fsp3) is 0.200. The molecule has 0 spiro atoms. The molecule has 0 aliphatic rings. The van der Waals surface area contributed by atoms with E-state index in [-0.39, 0.29) is 0 Å². The van der Waals surface area contributed by atoms with Crippen molar-refractivity contribution in [2.24, 2.45) is 0 Å². The Morgan fingerprint density at radius 2 is 2.00 bits per heavy atom. The van der Waals surface area contributed by atoms with Crippen LogP contribution >= 0.6 is 15.9 Å². The molecule has 0 aliphatic carbocycles. The van der Waals surface area contributed by atoms with E-state index in [9.17, 15) is 0 Å². The van der Waals surface area contributed by atoms with Gasteiger partial charge in [0.05, 0.1) is 17.6 Å². The third-order valence-corrected chi connectivity index (χ3v) is 2.58. The summed E-state index contributed by atoms with van der Waals surface area (Å²) >= 11 is 3.40. The topological polar surface area (TPSA) is 30.7 Å². The summed E-state index contributed by atoms with van der Waals surface area (Å²) in [7, 11) is 0. The molecule has 2 rings (SSSR count). The van der Waals surface area contributed by atoms with Crippen molar-refractivity contribution in [1.82, 2.24) is 15.0 Å². The maximum Gasteiger partial charge on any atom is 0.0729 e. The molecule has 0 fully saturated rings. The molecule has 4 heteroatoms. The fourth-order valence-electron chi connectivity index (χ4n) is 1.30. The number of nitrogens with zero attached hydrogens (tertiary/aromatic N) is 3. The number of aromatic nitrogens is 3. The smallest absolute Gasteiger partial charge is 0.0729 e. The molecule has 0 unspecified atom stereocenters. The van der Waals surface area contributed by atoms with Gasteiger partial charge in [0.2, 0.25) is 0 Å². The lowest BCUT2D eigenvalue weighted by molar-refractivity contribution is 0.767. The van der Waals surface area contributed by atoms with Crippen LogP contribution in [-0.4, -0.2) is 15.0 Å². The zero-order valence-corrected chi connectivity index (χ0v) is 9.40. The van der Waals surface area contributed by atoms with Crippen molar-refractivity contribution in [1.29, 1.82) is 0 Å². The number of benzene rings is 1. The molecule has 0 aliphatic heterocycles. The van der Waals surface area contributed by atoms with Crippen LogP contribution in [0.3, 0.4) is 0 Å². The molecule has 0 saturated heterocycles. The van der Waals surface area contributed by atoms with Gasteiger partial charge in [-0.15, -0.1) is 5.10 Å². The van der Waals surface area contributed by atoms with Crippen molar-refractivity contribution in [3.05, 3.63) is 40.6 Å². The molecule has 3 nitrogen and oxygen atoms in total. The molecule has 0 amide bonds. The first-order chi connectivity index (χ1) is 6.81. The molecule has 0 bridgehead atoms. The SMILES string of the molecule is CCc1cnnn1-c1ccc(Br)cc1. The minimum absolute atomic E-state index is 0.934. The van der Waals surface area contributed by atoms with Crippen molar-refractivity contribution >= 4 is 15.9 Å². The molecule has 1 heterocycles. The van der Waals surface area contributed by atoms with E-state index in [0.717, 1.165) is 22.3 Å². The van der Waals surface area contributed by atoms with Crippen molar-refractivity contribution in [2.45, 2.75) is 13.3 Å². The molecule has 2 aromatic rings. The lowest BCUT2D eigenvalue weighted by Gasteiger charge is -2.03. The molecule has 0 saturated carbocycles. The van der Waals surface area contributed by atoms with Gasteiger partial charge in [0.25, 0.3) is 0 Å². The van der Waals surface area contributed by atoms with Gasteiger partial charge in [-0.2, -0.15) is 0 Å². The zero-order chi connectivity index (χ0) is 9.97. The summed E-state index contributed by atoms with van der Waals surface area (Å²) in [6, 6.07) is 8.02. The molecular weight excluding hydrogens is 242 g/mol. The lowest BCUT2D eigenvalue weighted by Crippen LogP contribution is -2.00. The average Bonchev–Trinajstić information content (AvgIpc) is 2.67. The Bertz CT molecular complexity index is 419. The highest BCUT2D eigenvalue weighted by Gasteiger charge is 2.03. The third kappa shape index (κ3) is 1.70. The van der Waals surface area contributed by atoms with Crippen LogP contribution in [0.1, 0.15) is 12.6 Å². The maximum atomic E-state index is 4.04. The largest absolute Gasteiger partial charge is 0.218 e. The van der Waals surface area contributed by atoms with Crippen molar-refractivity contribution in [2.75, 3.05) is 0 Å². The van der Waals surface area contributed by atoms with Gasteiger partial charge in [-0.05, 0) is 30.7 Å². The van der Waals surface area contributed by atoms with E-state index >= 15 is 0 Å². The number of rotatable bonds is 2. The average molecular weight is 252 g/mol. The first-order valence-corrected chi connectivity index (χ1v) is 5.26. The van der Waals surface area contributed by atoms with Gasteiger partial charge in [-0.25, -0.2) is 4.68 Å². The second kappa shape index (κ2) is 3.92. The van der Waals surface area contributed by atoms with Crippen LogP contribution in [0, 0.1) is 0 Å². The molecular formula is C10H10BrN3. The predicted octanol–water partition coefficient (Wildman–Crippen LogP) is 2.59. The minimum atomic E-state index is 0.934. The molecule has 14 heavy (non-hydrogen) atoms. The van der Waals surface area contributed by atoms with E-state index in [1.54, 1.807) is 6.20 Å².